The van der Waals surface area contributed by atoms with Gasteiger partial charge in [0.05, 0.1) is 15.8 Å². The molecule has 1 aliphatic heterocycles. The summed E-state index contributed by atoms with van der Waals surface area (Å²) in [5, 5.41) is 4.00. The molecule has 1 aromatic heterocycles. The predicted molar refractivity (Wildman–Crippen MR) is 108 cm³/mol. The molecule has 1 aliphatic rings. The van der Waals surface area contributed by atoms with Crippen molar-refractivity contribution in [2.45, 2.75) is 11.0 Å². The van der Waals surface area contributed by atoms with E-state index in [1.807, 2.05) is 66.0 Å². The van der Waals surface area contributed by atoms with Gasteiger partial charge in [0.25, 0.3) is 5.91 Å². The van der Waals surface area contributed by atoms with Crippen LogP contribution in [-0.2, 0) is 0 Å². The maximum absolute atomic E-state index is 12.6. The van der Waals surface area contributed by atoms with Crippen molar-refractivity contribution in [3.63, 3.8) is 0 Å². The lowest BCUT2D eigenvalue weighted by atomic mass is 10.1. The molecule has 25 heavy (non-hydrogen) atoms. The number of pyridine rings is 1. The summed E-state index contributed by atoms with van der Waals surface area (Å²) >= 11 is 3.98. The Labute approximate surface area is 155 Å². The minimum absolute atomic E-state index is 0.103. The summed E-state index contributed by atoms with van der Waals surface area (Å²) in [6.45, 7) is 0. The molecular formula is C20H18N2OS2. The Bertz CT molecular complexity index is 884. The highest BCUT2D eigenvalue weighted by molar-refractivity contribution is 8.16. The van der Waals surface area contributed by atoms with Gasteiger partial charge in [-0.2, -0.15) is 0 Å². The standard InChI is InChI=1S/C20H18N2OS2/c23-19(22-17-6-1-4-14-5-2-11-21-18(14)17)15-7-9-16(10-8-15)20-24-12-3-13-25-20/h1-2,4-11,20H,3,12-13H2,(H,22,23). The number of benzene rings is 2. The molecule has 0 spiro atoms. The second-order valence-corrected chi connectivity index (χ2v) is 8.61. The summed E-state index contributed by atoms with van der Waals surface area (Å²) in [7, 11) is 0. The van der Waals surface area contributed by atoms with Gasteiger partial charge in [0.1, 0.15) is 0 Å². The van der Waals surface area contributed by atoms with Crippen molar-refractivity contribution in [2.75, 3.05) is 16.8 Å². The van der Waals surface area contributed by atoms with Crippen LogP contribution in [0.1, 0.15) is 26.9 Å². The first-order valence-electron chi connectivity index (χ1n) is 8.29. The summed E-state index contributed by atoms with van der Waals surface area (Å²) in [6.07, 6.45) is 3.03. The second kappa shape index (κ2) is 7.50. The van der Waals surface area contributed by atoms with E-state index < -0.39 is 0 Å². The van der Waals surface area contributed by atoms with Gasteiger partial charge in [-0.25, -0.2) is 0 Å². The van der Waals surface area contributed by atoms with E-state index in [1.54, 1.807) is 6.20 Å². The zero-order chi connectivity index (χ0) is 17.1. The molecule has 1 fully saturated rings. The first-order chi connectivity index (χ1) is 12.3. The molecular weight excluding hydrogens is 348 g/mol. The van der Waals surface area contributed by atoms with E-state index in [1.165, 1.54) is 23.5 Å². The third-order valence-electron chi connectivity index (χ3n) is 4.15. The largest absolute Gasteiger partial charge is 0.320 e. The lowest BCUT2D eigenvalue weighted by Gasteiger charge is -2.21. The van der Waals surface area contributed by atoms with Crippen molar-refractivity contribution in [2.24, 2.45) is 0 Å². The first-order valence-corrected chi connectivity index (χ1v) is 10.4. The van der Waals surface area contributed by atoms with Gasteiger partial charge in [-0.05, 0) is 47.8 Å². The number of para-hydroxylation sites is 1. The Morgan fingerprint density at radius 2 is 1.76 bits per heavy atom. The average molecular weight is 367 g/mol. The summed E-state index contributed by atoms with van der Waals surface area (Å²) in [5.41, 5.74) is 3.51. The summed E-state index contributed by atoms with van der Waals surface area (Å²) < 4.78 is 0.494. The van der Waals surface area contributed by atoms with Crippen LogP contribution >= 0.6 is 23.5 Å². The van der Waals surface area contributed by atoms with Gasteiger partial charge in [0, 0.05) is 17.1 Å². The number of hydrogen-bond donors (Lipinski definition) is 1. The van der Waals surface area contributed by atoms with E-state index in [4.69, 9.17) is 0 Å². The maximum Gasteiger partial charge on any atom is 0.255 e. The minimum Gasteiger partial charge on any atom is -0.320 e. The second-order valence-electron chi connectivity index (χ2n) is 5.88. The number of nitrogens with zero attached hydrogens (tertiary/aromatic N) is 1. The normalized spacial score (nSPS) is 15.2. The Kier molecular flexibility index (Phi) is 4.95. The molecule has 5 heteroatoms. The van der Waals surface area contributed by atoms with E-state index in [-0.39, 0.29) is 5.91 Å². The molecule has 2 heterocycles. The molecule has 3 aromatic rings. The molecule has 2 aromatic carbocycles. The minimum atomic E-state index is -0.103. The molecule has 0 aliphatic carbocycles. The van der Waals surface area contributed by atoms with Crippen molar-refractivity contribution in [3.05, 3.63) is 71.9 Å². The Morgan fingerprint density at radius 3 is 2.56 bits per heavy atom. The van der Waals surface area contributed by atoms with Crippen molar-refractivity contribution < 1.29 is 4.79 Å². The Morgan fingerprint density at radius 1 is 1.00 bits per heavy atom. The average Bonchev–Trinajstić information content (AvgIpc) is 2.69. The third kappa shape index (κ3) is 3.67. The molecule has 3 nitrogen and oxygen atoms in total. The number of amides is 1. The van der Waals surface area contributed by atoms with Crippen LogP contribution in [0.25, 0.3) is 10.9 Å². The number of hydrogen-bond acceptors (Lipinski definition) is 4. The number of aromatic nitrogens is 1. The van der Waals surface area contributed by atoms with Gasteiger partial charge in [0.15, 0.2) is 0 Å². The molecule has 0 radical (unpaired) electrons. The fraction of sp³-hybridized carbons (Fsp3) is 0.200. The molecule has 126 valence electrons. The maximum atomic E-state index is 12.6. The topological polar surface area (TPSA) is 42.0 Å². The number of carbonyl (C=O) groups excluding carboxylic acids is 1. The smallest absolute Gasteiger partial charge is 0.255 e. The zero-order valence-corrected chi connectivity index (χ0v) is 15.3. The highest BCUT2D eigenvalue weighted by atomic mass is 32.2. The van der Waals surface area contributed by atoms with Crippen molar-refractivity contribution in [3.8, 4) is 0 Å². The first kappa shape index (κ1) is 16.5. The van der Waals surface area contributed by atoms with Crippen molar-refractivity contribution in [1.29, 1.82) is 0 Å². The van der Waals surface area contributed by atoms with Gasteiger partial charge >= 0.3 is 0 Å². The quantitative estimate of drug-likeness (QED) is 0.678. The lowest BCUT2D eigenvalue weighted by molar-refractivity contribution is 0.102. The number of carbonyl (C=O) groups is 1. The predicted octanol–water partition coefficient (Wildman–Crippen LogP) is 5.36. The van der Waals surface area contributed by atoms with Crippen LogP contribution in [-0.4, -0.2) is 22.4 Å². The molecule has 1 amide bonds. The summed E-state index contributed by atoms with van der Waals surface area (Å²) in [6, 6.07) is 17.7. The van der Waals surface area contributed by atoms with Gasteiger partial charge in [-0.1, -0.05) is 30.3 Å². The molecule has 0 atom stereocenters. The number of thioether (sulfide) groups is 2. The van der Waals surface area contributed by atoms with E-state index in [0.717, 1.165) is 16.6 Å². The van der Waals surface area contributed by atoms with Crippen molar-refractivity contribution >= 4 is 46.0 Å². The molecule has 1 saturated heterocycles. The Hall–Kier alpha value is -1.98. The molecule has 0 bridgehead atoms. The van der Waals surface area contributed by atoms with E-state index in [2.05, 4.69) is 22.4 Å². The third-order valence-corrected chi connectivity index (χ3v) is 7.17. The fourth-order valence-electron chi connectivity index (χ4n) is 2.87. The van der Waals surface area contributed by atoms with Crippen LogP contribution in [0.2, 0.25) is 0 Å². The van der Waals surface area contributed by atoms with Gasteiger partial charge in [-0.15, -0.1) is 23.5 Å². The van der Waals surface area contributed by atoms with Crippen LogP contribution < -0.4 is 5.32 Å². The fourth-order valence-corrected chi connectivity index (χ4v) is 5.77. The van der Waals surface area contributed by atoms with Crippen LogP contribution in [0.15, 0.2) is 60.8 Å². The summed E-state index contributed by atoms with van der Waals surface area (Å²) in [4.78, 5) is 17.0. The number of fused-ring (bicyclic) bond motifs is 1. The number of rotatable bonds is 3. The highest BCUT2D eigenvalue weighted by Gasteiger charge is 2.17. The number of nitrogens with one attached hydrogen (secondary N) is 1. The summed E-state index contributed by atoms with van der Waals surface area (Å²) in [5.74, 6) is 2.33. The highest BCUT2D eigenvalue weighted by Crippen LogP contribution is 2.43. The van der Waals surface area contributed by atoms with Crippen LogP contribution in [0.5, 0.6) is 0 Å². The van der Waals surface area contributed by atoms with Crippen LogP contribution in [0, 0.1) is 0 Å². The SMILES string of the molecule is O=C(Nc1cccc2cccnc12)c1ccc(C2SCCCS2)cc1. The van der Waals surface area contributed by atoms with Gasteiger partial charge in [-0.3, -0.25) is 9.78 Å². The molecule has 4 rings (SSSR count). The van der Waals surface area contributed by atoms with E-state index in [9.17, 15) is 4.79 Å². The van der Waals surface area contributed by atoms with E-state index in [0.29, 0.717) is 10.1 Å². The van der Waals surface area contributed by atoms with Gasteiger partial charge in [0.2, 0.25) is 0 Å². The van der Waals surface area contributed by atoms with Crippen LogP contribution in [0.3, 0.4) is 0 Å². The number of anilines is 1. The van der Waals surface area contributed by atoms with Crippen molar-refractivity contribution in [1.82, 2.24) is 4.98 Å². The zero-order valence-electron chi connectivity index (χ0n) is 13.6. The Balaban J connectivity index is 1.52. The lowest BCUT2D eigenvalue weighted by Crippen LogP contribution is -2.12. The van der Waals surface area contributed by atoms with Gasteiger partial charge < -0.3 is 5.32 Å². The molecule has 1 N–H and O–H groups in total. The molecule has 0 saturated carbocycles. The monoisotopic (exact) mass is 366 g/mol. The molecule has 0 unspecified atom stereocenters. The van der Waals surface area contributed by atoms with Crippen LogP contribution in [0.4, 0.5) is 5.69 Å². The van der Waals surface area contributed by atoms with E-state index >= 15 is 0 Å².